The first-order valence-corrected chi connectivity index (χ1v) is 4.18. The van der Waals surface area contributed by atoms with Crippen LogP contribution in [0.15, 0.2) is 0 Å². The molecule has 4 heteroatoms. The molecule has 0 heterocycles. The van der Waals surface area contributed by atoms with E-state index in [1.54, 1.807) is 7.05 Å². The van der Waals surface area contributed by atoms with Crippen molar-refractivity contribution < 1.29 is 9.63 Å². The van der Waals surface area contributed by atoms with Crippen molar-refractivity contribution in [2.45, 2.75) is 32.2 Å². The lowest BCUT2D eigenvalue weighted by Crippen LogP contribution is -2.32. The third-order valence-corrected chi connectivity index (χ3v) is 1.72. The van der Waals surface area contributed by atoms with Crippen molar-refractivity contribution in [3.05, 3.63) is 0 Å². The molecule has 0 aromatic rings. The van der Waals surface area contributed by atoms with Gasteiger partial charge in [0.1, 0.15) is 0 Å². The Morgan fingerprint density at radius 3 is 2.67 bits per heavy atom. The standard InChI is InChI=1S/C8H18N2O2/c1-4-5-7(9)6-8(11)10(2)12-3/h7H,4-6,9H2,1-3H3. The first kappa shape index (κ1) is 11.4. The normalized spacial score (nSPS) is 12.7. The summed E-state index contributed by atoms with van der Waals surface area (Å²) in [6, 6.07) is -0.0416. The fraction of sp³-hybridized carbons (Fsp3) is 0.875. The third kappa shape index (κ3) is 4.31. The summed E-state index contributed by atoms with van der Waals surface area (Å²) in [5, 5.41) is 1.20. The van der Waals surface area contributed by atoms with Gasteiger partial charge in [-0.25, -0.2) is 5.06 Å². The zero-order chi connectivity index (χ0) is 9.56. The Labute approximate surface area is 73.6 Å². The maximum absolute atomic E-state index is 11.2. The van der Waals surface area contributed by atoms with Gasteiger partial charge in [0, 0.05) is 19.5 Å². The van der Waals surface area contributed by atoms with E-state index in [4.69, 9.17) is 10.6 Å². The Hall–Kier alpha value is -0.610. The van der Waals surface area contributed by atoms with Crippen molar-refractivity contribution >= 4 is 5.91 Å². The second kappa shape index (κ2) is 5.97. The first-order valence-electron chi connectivity index (χ1n) is 4.18. The minimum atomic E-state index is -0.0709. The molecule has 0 aromatic carbocycles. The highest BCUT2D eigenvalue weighted by atomic mass is 16.7. The summed E-state index contributed by atoms with van der Waals surface area (Å²) in [5.41, 5.74) is 5.67. The van der Waals surface area contributed by atoms with Gasteiger partial charge in [-0.2, -0.15) is 0 Å². The predicted octanol–water partition coefficient (Wildman–Crippen LogP) is 0.524. The monoisotopic (exact) mass is 174 g/mol. The molecule has 0 aliphatic heterocycles. The van der Waals surface area contributed by atoms with E-state index in [0.717, 1.165) is 12.8 Å². The lowest BCUT2D eigenvalue weighted by atomic mass is 10.1. The predicted molar refractivity (Wildman–Crippen MR) is 47.3 cm³/mol. The van der Waals surface area contributed by atoms with Crippen LogP contribution >= 0.6 is 0 Å². The van der Waals surface area contributed by atoms with Gasteiger partial charge in [0.15, 0.2) is 0 Å². The van der Waals surface area contributed by atoms with Gasteiger partial charge in [0.25, 0.3) is 0 Å². The molecule has 0 aliphatic carbocycles. The minimum Gasteiger partial charge on any atom is -0.327 e. The summed E-state index contributed by atoms with van der Waals surface area (Å²) < 4.78 is 0. The SMILES string of the molecule is CCCC(N)CC(=O)N(C)OC. The number of nitrogens with two attached hydrogens (primary N) is 1. The number of carbonyl (C=O) groups is 1. The van der Waals surface area contributed by atoms with Crippen molar-refractivity contribution in [3.63, 3.8) is 0 Å². The molecule has 4 nitrogen and oxygen atoms in total. The van der Waals surface area contributed by atoms with E-state index in [0.29, 0.717) is 6.42 Å². The maximum atomic E-state index is 11.2. The maximum Gasteiger partial charge on any atom is 0.247 e. The van der Waals surface area contributed by atoms with Gasteiger partial charge >= 0.3 is 0 Å². The van der Waals surface area contributed by atoms with E-state index in [-0.39, 0.29) is 11.9 Å². The third-order valence-electron chi connectivity index (χ3n) is 1.72. The molecule has 1 unspecified atom stereocenters. The molecule has 0 saturated carbocycles. The summed E-state index contributed by atoms with van der Waals surface area (Å²) in [7, 11) is 3.05. The van der Waals surface area contributed by atoms with Crippen molar-refractivity contribution in [1.82, 2.24) is 5.06 Å². The smallest absolute Gasteiger partial charge is 0.247 e. The molecule has 12 heavy (non-hydrogen) atoms. The van der Waals surface area contributed by atoms with Gasteiger partial charge in [-0.15, -0.1) is 0 Å². The Kier molecular flexibility index (Phi) is 5.66. The molecule has 0 rings (SSSR count). The van der Waals surface area contributed by atoms with Gasteiger partial charge in [0.05, 0.1) is 7.11 Å². The number of nitrogens with zero attached hydrogens (tertiary/aromatic N) is 1. The molecular weight excluding hydrogens is 156 g/mol. The zero-order valence-electron chi connectivity index (χ0n) is 8.04. The number of carbonyl (C=O) groups excluding carboxylic acids is 1. The Morgan fingerprint density at radius 1 is 1.67 bits per heavy atom. The van der Waals surface area contributed by atoms with Crippen LogP contribution < -0.4 is 5.73 Å². The highest BCUT2D eigenvalue weighted by Gasteiger charge is 2.12. The topological polar surface area (TPSA) is 55.6 Å². The van der Waals surface area contributed by atoms with Crippen molar-refractivity contribution in [2.75, 3.05) is 14.2 Å². The highest BCUT2D eigenvalue weighted by molar-refractivity contribution is 5.75. The summed E-state index contributed by atoms with van der Waals surface area (Å²) >= 11 is 0. The van der Waals surface area contributed by atoms with Crippen molar-refractivity contribution in [1.29, 1.82) is 0 Å². The molecule has 0 radical (unpaired) electrons. The average Bonchev–Trinajstić information content (AvgIpc) is 2.03. The molecular formula is C8H18N2O2. The van der Waals surface area contributed by atoms with Crippen LogP contribution in [0.3, 0.4) is 0 Å². The van der Waals surface area contributed by atoms with Gasteiger partial charge in [-0.3, -0.25) is 9.63 Å². The summed E-state index contributed by atoms with van der Waals surface area (Å²) in [5.74, 6) is -0.0709. The van der Waals surface area contributed by atoms with E-state index >= 15 is 0 Å². The highest BCUT2D eigenvalue weighted by Crippen LogP contribution is 2.00. The quantitative estimate of drug-likeness (QED) is 0.618. The average molecular weight is 174 g/mol. The van der Waals surface area contributed by atoms with E-state index < -0.39 is 0 Å². The molecule has 2 N–H and O–H groups in total. The number of hydrogen-bond donors (Lipinski definition) is 1. The first-order chi connectivity index (χ1) is 5.61. The second-order valence-electron chi connectivity index (χ2n) is 2.83. The van der Waals surface area contributed by atoms with Crippen LogP contribution in [-0.2, 0) is 9.63 Å². The van der Waals surface area contributed by atoms with Crippen LogP contribution in [0.5, 0.6) is 0 Å². The summed E-state index contributed by atoms with van der Waals surface area (Å²) in [6.07, 6.45) is 2.24. The van der Waals surface area contributed by atoms with Crippen LogP contribution in [0.4, 0.5) is 0 Å². The molecule has 0 spiro atoms. The van der Waals surface area contributed by atoms with Crippen LogP contribution in [0.25, 0.3) is 0 Å². The Bertz CT molecular complexity index is 139. The fourth-order valence-corrected chi connectivity index (χ4v) is 0.928. The molecule has 1 atom stereocenters. The number of hydrogen-bond acceptors (Lipinski definition) is 3. The van der Waals surface area contributed by atoms with E-state index in [2.05, 4.69) is 0 Å². The Morgan fingerprint density at radius 2 is 2.25 bits per heavy atom. The van der Waals surface area contributed by atoms with Crippen LogP contribution in [-0.4, -0.2) is 31.2 Å². The van der Waals surface area contributed by atoms with Gasteiger partial charge in [-0.1, -0.05) is 13.3 Å². The molecule has 1 amide bonds. The number of amides is 1. The molecule has 0 aromatic heterocycles. The molecule has 0 aliphatic rings. The zero-order valence-corrected chi connectivity index (χ0v) is 8.04. The van der Waals surface area contributed by atoms with Crippen LogP contribution in [0, 0.1) is 0 Å². The molecule has 0 saturated heterocycles. The summed E-state index contributed by atoms with van der Waals surface area (Å²) in [4.78, 5) is 15.9. The lowest BCUT2D eigenvalue weighted by molar-refractivity contribution is -0.169. The Balaban J connectivity index is 3.67. The van der Waals surface area contributed by atoms with E-state index in [1.807, 2.05) is 6.92 Å². The fourth-order valence-electron chi connectivity index (χ4n) is 0.928. The van der Waals surface area contributed by atoms with Crippen LogP contribution in [0.1, 0.15) is 26.2 Å². The van der Waals surface area contributed by atoms with E-state index in [9.17, 15) is 4.79 Å². The number of rotatable bonds is 5. The van der Waals surface area contributed by atoms with Crippen molar-refractivity contribution in [2.24, 2.45) is 5.73 Å². The molecule has 0 bridgehead atoms. The molecule has 72 valence electrons. The second-order valence-corrected chi connectivity index (χ2v) is 2.83. The largest absolute Gasteiger partial charge is 0.327 e. The van der Waals surface area contributed by atoms with E-state index in [1.165, 1.54) is 12.2 Å². The number of hydroxylamine groups is 2. The van der Waals surface area contributed by atoms with Gasteiger partial charge in [-0.05, 0) is 6.42 Å². The lowest BCUT2D eigenvalue weighted by Gasteiger charge is -2.16. The van der Waals surface area contributed by atoms with Crippen molar-refractivity contribution in [3.8, 4) is 0 Å². The van der Waals surface area contributed by atoms with Crippen LogP contribution in [0.2, 0.25) is 0 Å². The van der Waals surface area contributed by atoms with Gasteiger partial charge in [0.2, 0.25) is 5.91 Å². The summed E-state index contributed by atoms with van der Waals surface area (Å²) in [6.45, 7) is 2.05. The minimum absolute atomic E-state index is 0.0416. The molecule has 0 fully saturated rings. The van der Waals surface area contributed by atoms with Gasteiger partial charge < -0.3 is 5.73 Å².